The van der Waals surface area contributed by atoms with Crippen LogP contribution < -0.4 is 9.47 Å². The predicted octanol–water partition coefficient (Wildman–Crippen LogP) is 4.92. The van der Waals surface area contributed by atoms with E-state index >= 15 is 0 Å². The van der Waals surface area contributed by atoms with Crippen molar-refractivity contribution in [2.45, 2.75) is 46.0 Å². The van der Waals surface area contributed by atoms with Crippen LogP contribution in [0.25, 0.3) is 0 Å². The molecule has 0 aliphatic heterocycles. The summed E-state index contributed by atoms with van der Waals surface area (Å²) in [5.74, 6) is 0.808. The van der Waals surface area contributed by atoms with E-state index in [1.807, 2.05) is 48.5 Å². The Balaban J connectivity index is 1.84. The Morgan fingerprint density at radius 3 is 2.04 bits per heavy atom. The highest BCUT2D eigenvalue weighted by atomic mass is 16.6. The molecular formula is C21H26O3. The van der Waals surface area contributed by atoms with Gasteiger partial charge in [-0.15, -0.1) is 0 Å². The summed E-state index contributed by atoms with van der Waals surface area (Å²) in [4.78, 5) is 11.9. The number of carbonyl (C=O) groups is 1. The van der Waals surface area contributed by atoms with E-state index in [0.717, 1.165) is 12.8 Å². The van der Waals surface area contributed by atoms with Gasteiger partial charge < -0.3 is 9.47 Å². The highest BCUT2D eigenvalue weighted by Crippen LogP contribution is 2.24. The van der Waals surface area contributed by atoms with Gasteiger partial charge in [0.2, 0.25) is 0 Å². The molecule has 0 unspecified atom stereocenters. The predicted molar refractivity (Wildman–Crippen MR) is 96.7 cm³/mol. The summed E-state index contributed by atoms with van der Waals surface area (Å²) in [7, 11) is 0. The molecule has 0 saturated carbocycles. The summed E-state index contributed by atoms with van der Waals surface area (Å²) in [5, 5.41) is 0. The molecule has 128 valence electrons. The van der Waals surface area contributed by atoms with Crippen molar-refractivity contribution in [3.05, 3.63) is 59.7 Å². The number of esters is 1. The summed E-state index contributed by atoms with van der Waals surface area (Å²) < 4.78 is 10.8. The van der Waals surface area contributed by atoms with Crippen LogP contribution in [0.1, 0.15) is 45.2 Å². The van der Waals surface area contributed by atoms with Gasteiger partial charge in [0, 0.05) is 0 Å². The van der Waals surface area contributed by atoms with Crippen LogP contribution in [-0.2, 0) is 16.6 Å². The van der Waals surface area contributed by atoms with Crippen LogP contribution >= 0.6 is 0 Å². The fraction of sp³-hybridized carbons (Fsp3) is 0.381. The van der Waals surface area contributed by atoms with Gasteiger partial charge >= 0.3 is 5.97 Å². The molecule has 0 amide bonds. The average Bonchev–Trinajstić information content (AvgIpc) is 2.55. The summed E-state index contributed by atoms with van der Waals surface area (Å²) in [6.07, 6.45) is 2.13. The second kappa shape index (κ2) is 8.00. The maximum atomic E-state index is 11.9. The molecular weight excluding hydrogens is 300 g/mol. The Hall–Kier alpha value is -2.29. The Kier molecular flexibility index (Phi) is 6.02. The van der Waals surface area contributed by atoms with Crippen LogP contribution in [0, 0.1) is 0 Å². The third-order valence-corrected chi connectivity index (χ3v) is 3.77. The van der Waals surface area contributed by atoms with Crippen molar-refractivity contribution in [3.8, 4) is 11.5 Å². The standard InChI is InChI=1S/C21H26O3/c1-5-6-16-7-11-19(12-8-16)24-20(22)15-23-18-13-9-17(10-14-18)21(2,3)4/h7-14H,5-6,15H2,1-4H3. The number of benzene rings is 2. The van der Waals surface area contributed by atoms with Crippen LogP contribution in [-0.4, -0.2) is 12.6 Å². The fourth-order valence-electron chi connectivity index (χ4n) is 2.37. The van der Waals surface area contributed by atoms with Crippen LogP contribution in [0.5, 0.6) is 11.5 Å². The zero-order chi connectivity index (χ0) is 17.6. The molecule has 0 bridgehead atoms. The van der Waals surface area contributed by atoms with Crippen molar-refractivity contribution in [2.75, 3.05) is 6.61 Å². The molecule has 0 aliphatic carbocycles. The van der Waals surface area contributed by atoms with E-state index in [1.54, 1.807) is 0 Å². The van der Waals surface area contributed by atoms with Crippen molar-refractivity contribution >= 4 is 5.97 Å². The molecule has 0 spiro atoms. The Morgan fingerprint density at radius 1 is 0.917 bits per heavy atom. The number of hydrogen-bond acceptors (Lipinski definition) is 3. The fourth-order valence-corrected chi connectivity index (χ4v) is 2.37. The minimum Gasteiger partial charge on any atom is -0.482 e. The van der Waals surface area contributed by atoms with E-state index in [2.05, 4.69) is 27.7 Å². The number of hydrogen-bond donors (Lipinski definition) is 0. The topological polar surface area (TPSA) is 35.5 Å². The van der Waals surface area contributed by atoms with Gasteiger partial charge in [0.05, 0.1) is 0 Å². The lowest BCUT2D eigenvalue weighted by Gasteiger charge is -2.19. The summed E-state index contributed by atoms with van der Waals surface area (Å²) in [6, 6.07) is 15.4. The second-order valence-electron chi connectivity index (χ2n) is 6.93. The number of aryl methyl sites for hydroxylation is 1. The van der Waals surface area contributed by atoms with Gasteiger partial charge in [-0.1, -0.05) is 58.4 Å². The van der Waals surface area contributed by atoms with Crippen molar-refractivity contribution in [1.29, 1.82) is 0 Å². The first kappa shape index (κ1) is 18.1. The molecule has 0 fully saturated rings. The van der Waals surface area contributed by atoms with Gasteiger partial charge in [-0.3, -0.25) is 0 Å². The van der Waals surface area contributed by atoms with Crippen LogP contribution in [0.4, 0.5) is 0 Å². The van der Waals surface area contributed by atoms with Crippen LogP contribution in [0.3, 0.4) is 0 Å². The van der Waals surface area contributed by atoms with Crippen molar-refractivity contribution < 1.29 is 14.3 Å². The molecule has 0 aliphatic rings. The zero-order valence-electron chi connectivity index (χ0n) is 15.0. The number of ether oxygens (including phenoxy) is 2. The van der Waals surface area contributed by atoms with Gasteiger partial charge in [-0.05, 0) is 47.2 Å². The SMILES string of the molecule is CCCc1ccc(OC(=O)COc2ccc(C(C)(C)C)cc2)cc1. The van der Waals surface area contributed by atoms with E-state index in [1.165, 1.54) is 11.1 Å². The maximum absolute atomic E-state index is 11.9. The van der Waals surface area contributed by atoms with E-state index < -0.39 is 5.97 Å². The highest BCUT2D eigenvalue weighted by molar-refractivity contribution is 5.73. The molecule has 0 radical (unpaired) electrons. The maximum Gasteiger partial charge on any atom is 0.349 e. The van der Waals surface area contributed by atoms with Gasteiger partial charge in [-0.2, -0.15) is 0 Å². The van der Waals surface area contributed by atoms with Crippen LogP contribution in [0.2, 0.25) is 0 Å². The van der Waals surface area contributed by atoms with Crippen molar-refractivity contribution in [3.63, 3.8) is 0 Å². The quantitative estimate of drug-likeness (QED) is 0.558. The second-order valence-corrected chi connectivity index (χ2v) is 6.93. The first-order valence-corrected chi connectivity index (χ1v) is 8.41. The summed E-state index contributed by atoms with van der Waals surface area (Å²) in [5.41, 5.74) is 2.57. The third-order valence-electron chi connectivity index (χ3n) is 3.77. The summed E-state index contributed by atoms with van der Waals surface area (Å²) in [6.45, 7) is 8.51. The molecule has 0 N–H and O–H groups in total. The van der Waals surface area contributed by atoms with Crippen molar-refractivity contribution in [2.24, 2.45) is 0 Å². The normalized spacial score (nSPS) is 11.2. The van der Waals surface area contributed by atoms with Gasteiger partial charge in [0.15, 0.2) is 6.61 Å². The molecule has 0 atom stereocenters. The van der Waals surface area contributed by atoms with Gasteiger partial charge in [0.1, 0.15) is 11.5 Å². The first-order valence-electron chi connectivity index (χ1n) is 8.41. The summed E-state index contributed by atoms with van der Waals surface area (Å²) >= 11 is 0. The Labute approximate surface area is 144 Å². The zero-order valence-corrected chi connectivity index (χ0v) is 15.0. The van der Waals surface area contributed by atoms with E-state index in [-0.39, 0.29) is 12.0 Å². The molecule has 2 rings (SSSR count). The lowest BCUT2D eigenvalue weighted by molar-refractivity contribution is -0.136. The van der Waals surface area contributed by atoms with E-state index in [4.69, 9.17) is 9.47 Å². The minimum atomic E-state index is -0.405. The molecule has 24 heavy (non-hydrogen) atoms. The molecule has 0 aromatic heterocycles. The van der Waals surface area contributed by atoms with Gasteiger partial charge in [-0.25, -0.2) is 4.79 Å². The van der Waals surface area contributed by atoms with Gasteiger partial charge in [0.25, 0.3) is 0 Å². The third kappa shape index (κ3) is 5.41. The molecule has 0 heterocycles. The molecule has 3 nitrogen and oxygen atoms in total. The monoisotopic (exact) mass is 326 g/mol. The number of rotatable bonds is 6. The lowest BCUT2D eigenvalue weighted by Crippen LogP contribution is -2.17. The average molecular weight is 326 g/mol. The Morgan fingerprint density at radius 2 is 1.50 bits per heavy atom. The molecule has 0 saturated heterocycles. The molecule has 2 aromatic rings. The smallest absolute Gasteiger partial charge is 0.349 e. The van der Waals surface area contributed by atoms with E-state index in [9.17, 15) is 4.79 Å². The first-order chi connectivity index (χ1) is 11.4. The van der Waals surface area contributed by atoms with Crippen LogP contribution in [0.15, 0.2) is 48.5 Å². The highest BCUT2D eigenvalue weighted by Gasteiger charge is 2.13. The minimum absolute atomic E-state index is 0.0986. The Bertz CT molecular complexity index is 649. The largest absolute Gasteiger partial charge is 0.482 e. The van der Waals surface area contributed by atoms with E-state index in [0.29, 0.717) is 11.5 Å². The number of carbonyl (C=O) groups excluding carboxylic acids is 1. The molecule has 3 heteroatoms. The molecule has 2 aromatic carbocycles. The lowest BCUT2D eigenvalue weighted by atomic mass is 9.87. The van der Waals surface area contributed by atoms with Crippen molar-refractivity contribution in [1.82, 2.24) is 0 Å².